The van der Waals surface area contributed by atoms with Gasteiger partial charge in [0.05, 0.1) is 10.6 Å². The largest absolute Gasteiger partial charge is 0.417 e. The Hall–Kier alpha value is -2.88. The molecule has 1 atom stereocenters. The molecular weight excluding hydrogens is 447 g/mol. The van der Waals surface area contributed by atoms with Crippen LogP contribution in [0.1, 0.15) is 41.9 Å². The second-order valence-electron chi connectivity index (χ2n) is 7.96. The average molecular weight is 470 g/mol. The monoisotopic (exact) mass is 469 g/mol. The zero-order valence-corrected chi connectivity index (χ0v) is 18.5. The van der Waals surface area contributed by atoms with Gasteiger partial charge in [0.25, 0.3) is 5.91 Å². The van der Waals surface area contributed by atoms with Crippen LogP contribution in [0.5, 0.6) is 0 Å². The third-order valence-electron chi connectivity index (χ3n) is 4.96. The first-order chi connectivity index (χ1) is 14.9. The number of aryl methyl sites for hydroxylation is 1. The van der Waals surface area contributed by atoms with Gasteiger partial charge in [-0.25, -0.2) is 9.97 Å². The molecule has 0 saturated carbocycles. The van der Waals surface area contributed by atoms with Gasteiger partial charge in [0.15, 0.2) is 0 Å². The van der Waals surface area contributed by atoms with Gasteiger partial charge in [-0.2, -0.15) is 13.2 Å². The molecule has 0 aliphatic carbocycles. The molecule has 3 heterocycles. The summed E-state index contributed by atoms with van der Waals surface area (Å²) in [7, 11) is 0. The van der Waals surface area contributed by atoms with Crippen molar-refractivity contribution in [3.63, 3.8) is 0 Å². The molecule has 2 N–H and O–H groups in total. The minimum absolute atomic E-state index is 0.0953. The van der Waals surface area contributed by atoms with Crippen LogP contribution in [-0.2, 0) is 11.0 Å². The van der Waals surface area contributed by atoms with Gasteiger partial charge >= 0.3 is 6.18 Å². The second kappa shape index (κ2) is 9.32. The van der Waals surface area contributed by atoms with Gasteiger partial charge in [-0.05, 0) is 31.5 Å². The van der Waals surface area contributed by atoms with Crippen LogP contribution in [0.4, 0.5) is 24.8 Å². The molecule has 0 unspecified atom stereocenters. The summed E-state index contributed by atoms with van der Waals surface area (Å²) in [6.45, 7) is 6.06. The normalized spacial score (nSPS) is 16.4. The van der Waals surface area contributed by atoms with Crippen LogP contribution in [0.3, 0.4) is 0 Å². The maximum Gasteiger partial charge on any atom is 0.417 e. The summed E-state index contributed by atoms with van der Waals surface area (Å²) in [5.41, 5.74) is 0.00917. The van der Waals surface area contributed by atoms with E-state index in [1.807, 2.05) is 0 Å². The Morgan fingerprint density at radius 2 is 1.97 bits per heavy atom. The molecule has 2 amide bonds. The van der Waals surface area contributed by atoms with Crippen LogP contribution in [-0.4, -0.2) is 40.9 Å². The van der Waals surface area contributed by atoms with Crippen LogP contribution >= 0.6 is 11.6 Å². The van der Waals surface area contributed by atoms with Crippen molar-refractivity contribution in [3.05, 3.63) is 46.2 Å². The number of nitrogens with one attached hydrogen (secondary N) is 2. The molecule has 0 spiro atoms. The number of hydrogen-bond donors (Lipinski definition) is 2. The van der Waals surface area contributed by atoms with E-state index < -0.39 is 11.7 Å². The number of nitrogens with zero attached hydrogens (tertiary/aromatic N) is 3. The van der Waals surface area contributed by atoms with E-state index in [1.165, 1.54) is 6.07 Å². The highest BCUT2D eigenvalue weighted by molar-refractivity contribution is 6.33. The van der Waals surface area contributed by atoms with Crippen LogP contribution in [0.2, 0.25) is 5.02 Å². The fourth-order valence-corrected chi connectivity index (χ4v) is 3.58. The highest BCUT2D eigenvalue weighted by Crippen LogP contribution is 2.34. The summed E-state index contributed by atoms with van der Waals surface area (Å²) in [4.78, 5) is 34.5. The van der Waals surface area contributed by atoms with Crippen molar-refractivity contribution in [2.24, 2.45) is 5.92 Å². The van der Waals surface area contributed by atoms with Crippen LogP contribution < -0.4 is 15.5 Å². The van der Waals surface area contributed by atoms with Gasteiger partial charge in [-0.3, -0.25) is 9.59 Å². The smallest absolute Gasteiger partial charge is 0.353 e. The van der Waals surface area contributed by atoms with E-state index >= 15 is 0 Å². The number of hydrogen-bond acceptors (Lipinski definition) is 5. The van der Waals surface area contributed by atoms with Crippen molar-refractivity contribution < 1.29 is 22.8 Å². The van der Waals surface area contributed by atoms with Gasteiger partial charge < -0.3 is 15.5 Å². The number of anilines is 2. The molecular formula is C21H23ClF3N5O2. The molecule has 0 aromatic carbocycles. The molecule has 2 aromatic rings. The van der Waals surface area contributed by atoms with E-state index in [2.05, 4.69) is 20.6 Å². The Morgan fingerprint density at radius 3 is 2.59 bits per heavy atom. The third kappa shape index (κ3) is 5.67. The van der Waals surface area contributed by atoms with Crippen molar-refractivity contribution in [2.75, 3.05) is 23.3 Å². The minimum Gasteiger partial charge on any atom is -0.353 e. The summed E-state index contributed by atoms with van der Waals surface area (Å²) in [6.07, 6.45) is -3.20. The third-order valence-corrected chi connectivity index (χ3v) is 5.24. The molecule has 3 rings (SSSR count). The molecule has 172 valence electrons. The van der Waals surface area contributed by atoms with Crippen molar-refractivity contribution in [2.45, 2.75) is 39.4 Å². The first-order valence-electron chi connectivity index (χ1n) is 10.0. The molecule has 0 bridgehead atoms. The Morgan fingerprint density at radius 1 is 1.25 bits per heavy atom. The van der Waals surface area contributed by atoms with E-state index in [-0.39, 0.29) is 34.6 Å². The summed E-state index contributed by atoms with van der Waals surface area (Å²) < 4.78 is 38.5. The summed E-state index contributed by atoms with van der Waals surface area (Å²) >= 11 is 6.03. The number of pyridine rings is 2. The summed E-state index contributed by atoms with van der Waals surface area (Å²) in [6, 6.07) is 3.72. The maximum atomic E-state index is 12.8. The Balaban J connectivity index is 1.66. The molecule has 7 nitrogen and oxygen atoms in total. The van der Waals surface area contributed by atoms with Crippen LogP contribution in [0.15, 0.2) is 24.4 Å². The zero-order valence-electron chi connectivity index (χ0n) is 17.8. The van der Waals surface area contributed by atoms with E-state index in [0.717, 1.165) is 12.3 Å². The van der Waals surface area contributed by atoms with Crippen LogP contribution in [0, 0.1) is 12.8 Å². The molecule has 32 heavy (non-hydrogen) atoms. The van der Waals surface area contributed by atoms with Gasteiger partial charge in [0.1, 0.15) is 11.6 Å². The number of alkyl halides is 3. The molecule has 1 aliphatic rings. The first kappa shape index (κ1) is 23.8. The number of halogens is 4. The lowest BCUT2D eigenvalue weighted by molar-refractivity contribution is -0.137. The molecule has 1 fully saturated rings. The van der Waals surface area contributed by atoms with E-state index in [0.29, 0.717) is 36.6 Å². The predicted molar refractivity (Wildman–Crippen MR) is 115 cm³/mol. The standard InChI is InChI=1S/C21H23ClF3N5O2/c1-11(2)19(31)29-17-7-13(6-12(3)27-17)20(32)28-15-4-5-30(10-15)18-16(22)8-14(9-26-18)21(23,24)25/h6-9,11,15H,4-5,10H2,1-3H3,(H,28,32)(H,27,29,31)/t15-/m1/s1. The summed E-state index contributed by atoms with van der Waals surface area (Å²) in [5.74, 6) is -0.238. The maximum absolute atomic E-state index is 12.8. The topological polar surface area (TPSA) is 87.2 Å². The number of carbonyl (C=O) groups excluding carboxylic acids is 2. The molecule has 1 aliphatic heterocycles. The van der Waals surface area contributed by atoms with Crippen molar-refractivity contribution in [1.82, 2.24) is 15.3 Å². The average Bonchev–Trinajstić information content (AvgIpc) is 3.14. The highest BCUT2D eigenvalue weighted by Gasteiger charge is 2.33. The number of aromatic nitrogens is 2. The number of rotatable bonds is 5. The minimum atomic E-state index is -4.52. The first-order valence-corrected chi connectivity index (χ1v) is 10.4. The van der Waals surface area contributed by atoms with Crippen LogP contribution in [0.25, 0.3) is 0 Å². The lowest BCUT2D eigenvalue weighted by Gasteiger charge is -2.20. The molecule has 11 heteroatoms. The Labute approximate surface area is 188 Å². The second-order valence-corrected chi connectivity index (χ2v) is 8.37. The predicted octanol–water partition coefficient (Wildman–Crippen LogP) is 4.06. The van der Waals surface area contributed by atoms with Gasteiger partial charge in [0, 0.05) is 42.5 Å². The Kier molecular flexibility index (Phi) is 6.92. The van der Waals surface area contributed by atoms with Gasteiger partial charge in [-0.1, -0.05) is 25.4 Å². The van der Waals surface area contributed by atoms with Crippen molar-refractivity contribution >= 4 is 35.1 Å². The highest BCUT2D eigenvalue weighted by atomic mass is 35.5. The summed E-state index contributed by atoms with van der Waals surface area (Å²) in [5, 5.41) is 5.49. The lowest BCUT2D eigenvalue weighted by Crippen LogP contribution is -2.37. The van der Waals surface area contributed by atoms with Gasteiger partial charge in [0.2, 0.25) is 5.91 Å². The number of amides is 2. The lowest BCUT2D eigenvalue weighted by atomic mass is 10.1. The molecule has 2 aromatic heterocycles. The Bertz CT molecular complexity index is 1030. The van der Waals surface area contributed by atoms with E-state index in [1.54, 1.807) is 31.7 Å². The van der Waals surface area contributed by atoms with E-state index in [9.17, 15) is 22.8 Å². The zero-order chi connectivity index (χ0) is 23.6. The quantitative estimate of drug-likeness (QED) is 0.689. The molecule has 0 radical (unpaired) electrons. The van der Waals surface area contributed by atoms with E-state index in [4.69, 9.17) is 11.6 Å². The van der Waals surface area contributed by atoms with Gasteiger partial charge in [-0.15, -0.1) is 0 Å². The SMILES string of the molecule is Cc1cc(C(=O)N[C@@H]2CCN(c3ncc(C(F)(F)F)cc3Cl)C2)cc(NC(=O)C(C)C)n1. The van der Waals surface area contributed by atoms with Crippen molar-refractivity contribution in [1.29, 1.82) is 0 Å². The van der Waals surface area contributed by atoms with Crippen molar-refractivity contribution in [3.8, 4) is 0 Å². The fraction of sp³-hybridized carbons (Fsp3) is 0.429. The fourth-order valence-electron chi connectivity index (χ4n) is 3.29. The number of carbonyl (C=O) groups is 2. The molecule has 1 saturated heterocycles.